The highest BCUT2D eigenvalue weighted by Gasteiger charge is 2.13. The van der Waals surface area contributed by atoms with Crippen molar-refractivity contribution in [2.24, 2.45) is 4.99 Å². The molecule has 0 saturated carbocycles. The molecule has 2 aromatic rings. The summed E-state index contributed by atoms with van der Waals surface area (Å²) in [6.07, 6.45) is 2.11. The summed E-state index contributed by atoms with van der Waals surface area (Å²) in [7, 11) is 1.51. The first-order valence-corrected chi connectivity index (χ1v) is 8.18. The van der Waals surface area contributed by atoms with Gasteiger partial charge in [0, 0.05) is 33.5 Å². The summed E-state index contributed by atoms with van der Waals surface area (Å²) in [5.41, 5.74) is 2.65. The molecule has 0 aliphatic rings. The molecule has 0 aliphatic heterocycles. The number of rotatable bonds is 5. The van der Waals surface area contributed by atoms with Gasteiger partial charge in [0.05, 0.1) is 11.3 Å². The zero-order chi connectivity index (χ0) is 18.4. The summed E-state index contributed by atoms with van der Waals surface area (Å²) < 4.78 is 0.747. The second-order valence-electron chi connectivity index (χ2n) is 4.86. The van der Waals surface area contributed by atoms with Crippen molar-refractivity contribution in [3.8, 4) is 6.07 Å². The lowest BCUT2D eigenvalue weighted by Crippen LogP contribution is -2.19. The molecule has 0 atom stereocenters. The fourth-order valence-corrected chi connectivity index (χ4v) is 2.80. The van der Waals surface area contributed by atoms with Gasteiger partial charge in [-0.3, -0.25) is 19.6 Å². The Morgan fingerprint density at radius 3 is 2.56 bits per heavy atom. The highest BCUT2D eigenvalue weighted by molar-refractivity contribution is 14.1. The van der Waals surface area contributed by atoms with Gasteiger partial charge in [-0.2, -0.15) is 5.26 Å². The molecule has 0 fully saturated rings. The largest absolute Gasteiger partial charge is 0.354 e. The number of halogens is 1. The van der Waals surface area contributed by atoms with Crippen LogP contribution in [-0.2, 0) is 4.79 Å². The third-order valence-corrected chi connectivity index (χ3v) is 4.32. The Labute approximate surface area is 158 Å². The number of pyridine rings is 1. The van der Waals surface area contributed by atoms with Crippen LogP contribution in [0.5, 0.6) is 0 Å². The molecule has 1 amide bonds. The van der Waals surface area contributed by atoms with Crippen LogP contribution < -0.4 is 5.32 Å². The van der Waals surface area contributed by atoms with E-state index in [1.54, 1.807) is 24.3 Å². The normalized spacial score (nSPS) is 11.1. The molecule has 0 aliphatic carbocycles. The number of hydrogen-bond donors (Lipinski definition) is 1. The molecular weight excluding hydrogens is 431 g/mol. The number of nitriles is 1. The summed E-state index contributed by atoms with van der Waals surface area (Å²) in [6.45, 7) is 3.54. The molecule has 2 rings (SSSR count). The Kier molecular flexibility index (Phi) is 6.14. The van der Waals surface area contributed by atoms with Gasteiger partial charge in [0.1, 0.15) is 11.8 Å². The fourth-order valence-electron chi connectivity index (χ4n) is 2.16. The second-order valence-corrected chi connectivity index (χ2v) is 6.02. The lowest BCUT2D eigenvalue weighted by atomic mass is 10.0. The van der Waals surface area contributed by atoms with Gasteiger partial charge in [0.15, 0.2) is 6.29 Å². The van der Waals surface area contributed by atoms with E-state index in [0.29, 0.717) is 34.2 Å². The maximum absolute atomic E-state index is 11.7. The molecule has 6 nitrogen and oxygen atoms in total. The Bertz CT molecular complexity index is 912. The molecule has 1 N–H and O–H groups in total. The number of benzene rings is 1. The first-order chi connectivity index (χ1) is 12.0. The van der Waals surface area contributed by atoms with Crippen LogP contribution >= 0.6 is 22.6 Å². The summed E-state index contributed by atoms with van der Waals surface area (Å²) >= 11 is 2.05. The Morgan fingerprint density at radius 1 is 1.36 bits per heavy atom. The average molecular weight is 444 g/mol. The molecule has 124 valence electrons. The highest BCUT2D eigenvalue weighted by Crippen LogP contribution is 2.27. The van der Waals surface area contributed by atoms with Gasteiger partial charge in [-0.05, 0) is 47.5 Å². The van der Waals surface area contributed by atoms with Gasteiger partial charge >= 0.3 is 0 Å². The highest BCUT2D eigenvalue weighted by atomic mass is 127. The van der Waals surface area contributed by atoms with E-state index in [2.05, 4.69) is 28.1 Å². The molecule has 0 unspecified atom stereocenters. The first kappa shape index (κ1) is 18.5. The van der Waals surface area contributed by atoms with Crippen LogP contribution in [0.1, 0.15) is 27.2 Å². The minimum absolute atomic E-state index is 0.248. The molecule has 1 aromatic carbocycles. The number of allylic oxidation sites excluding steroid dienone is 1. The van der Waals surface area contributed by atoms with Crippen LogP contribution in [0.3, 0.4) is 0 Å². The lowest BCUT2D eigenvalue weighted by molar-refractivity contribution is -0.103. The summed E-state index contributed by atoms with van der Waals surface area (Å²) in [6, 6.07) is 10.4. The number of nitrogens with one attached hydrogen (secondary N) is 1. The van der Waals surface area contributed by atoms with E-state index in [4.69, 9.17) is 5.26 Å². The zero-order valence-corrected chi connectivity index (χ0v) is 15.4. The fraction of sp³-hybridized carbons (Fsp3) is 0.0556. The number of aromatic nitrogens is 1. The molecule has 7 heteroatoms. The molecule has 0 bridgehead atoms. The Balaban J connectivity index is 2.56. The minimum Gasteiger partial charge on any atom is -0.354 e. The van der Waals surface area contributed by atoms with E-state index in [-0.39, 0.29) is 11.6 Å². The van der Waals surface area contributed by atoms with Crippen molar-refractivity contribution in [2.75, 3.05) is 7.05 Å². The molecule has 0 spiro atoms. The summed E-state index contributed by atoms with van der Waals surface area (Å²) in [5.74, 6) is -0.313. The molecule has 1 heterocycles. The number of aldehydes is 1. The van der Waals surface area contributed by atoms with E-state index in [1.165, 1.54) is 19.3 Å². The predicted octanol–water partition coefficient (Wildman–Crippen LogP) is 2.69. The standard InChI is InChI=1S/C18H13IN4O2/c1-21-17(11-3-4-12(8-20)15(19)7-11)14(10-24)13-5-6-16(23-9-13)18(25)22-2/h3-7,9-10H,1H2,2H3,(H,22,25)/b17-14+. The van der Waals surface area contributed by atoms with Crippen LogP contribution in [-0.4, -0.2) is 30.9 Å². The number of nitrogens with zero attached hydrogens (tertiary/aromatic N) is 3. The third-order valence-electron chi connectivity index (χ3n) is 3.43. The molecular formula is C18H13IN4O2. The number of carbonyl (C=O) groups is 2. The van der Waals surface area contributed by atoms with Crippen LogP contribution in [0.2, 0.25) is 0 Å². The van der Waals surface area contributed by atoms with Crippen molar-refractivity contribution < 1.29 is 9.59 Å². The minimum atomic E-state index is -0.313. The number of carbonyl (C=O) groups excluding carboxylic acids is 2. The third kappa shape index (κ3) is 3.97. The molecule has 1 aromatic heterocycles. The lowest BCUT2D eigenvalue weighted by Gasteiger charge is -2.09. The van der Waals surface area contributed by atoms with Gasteiger partial charge in [0.25, 0.3) is 5.91 Å². The van der Waals surface area contributed by atoms with Gasteiger partial charge in [0.2, 0.25) is 0 Å². The summed E-state index contributed by atoms with van der Waals surface area (Å²) in [4.78, 5) is 31.3. The molecule has 0 saturated heterocycles. The van der Waals surface area contributed by atoms with Crippen molar-refractivity contribution in [1.82, 2.24) is 10.3 Å². The van der Waals surface area contributed by atoms with Crippen molar-refractivity contribution in [3.05, 3.63) is 62.5 Å². The maximum atomic E-state index is 11.7. The first-order valence-electron chi connectivity index (χ1n) is 7.10. The molecule has 0 radical (unpaired) electrons. The number of hydrogen-bond acceptors (Lipinski definition) is 5. The average Bonchev–Trinajstić information content (AvgIpc) is 2.65. The van der Waals surface area contributed by atoms with Crippen LogP contribution in [0.4, 0.5) is 0 Å². The van der Waals surface area contributed by atoms with Gasteiger partial charge in [-0.25, -0.2) is 0 Å². The van der Waals surface area contributed by atoms with E-state index in [9.17, 15) is 9.59 Å². The van der Waals surface area contributed by atoms with Crippen molar-refractivity contribution in [1.29, 1.82) is 5.26 Å². The second kappa shape index (κ2) is 8.30. The van der Waals surface area contributed by atoms with Crippen molar-refractivity contribution >= 4 is 52.8 Å². The summed E-state index contributed by atoms with van der Waals surface area (Å²) in [5, 5.41) is 11.5. The zero-order valence-electron chi connectivity index (χ0n) is 13.3. The van der Waals surface area contributed by atoms with Gasteiger partial charge in [-0.15, -0.1) is 0 Å². The Hall–Kier alpha value is -2.86. The number of aliphatic imine (C=N–C) groups is 1. The maximum Gasteiger partial charge on any atom is 0.269 e. The van der Waals surface area contributed by atoms with Crippen LogP contribution in [0, 0.1) is 14.9 Å². The van der Waals surface area contributed by atoms with E-state index < -0.39 is 0 Å². The monoisotopic (exact) mass is 444 g/mol. The van der Waals surface area contributed by atoms with Gasteiger partial charge < -0.3 is 5.32 Å². The van der Waals surface area contributed by atoms with Crippen molar-refractivity contribution in [2.45, 2.75) is 0 Å². The van der Waals surface area contributed by atoms with Crippen LogP contribution in [0.15, 0.2) is 41.5 Å². The topological polar surface area (TPSA) is 95.2 Å². The van der Waals surface area contributed by atoms with E-state index in [0.717, 1.165) is 3.57 Å². The van der Waals surface area contributed by atoms with E-state index in [1.807, 2.05) is 22.6 Å². The smallest absolute Gasteiger partial charge is 0.269 e. The quantitative estimate of drug-likeness (QED) is 0.332. The Morgan fingerprint density at radius 2 is 2.08 bits per heavy atom. The van der Waals surface area contributed by atoms with Crippen molar-refractivity contribution in [3.63, 3.8) is 0 Å². The van der Waals surface area contributed by atoms with Crippen LogP contribution in [0.25, 0.3) is 11.3 Å². The van der Waals surface area contributed by atoms with Gasteiger partial charge in [-0.1, -0.05) is 12.1 Å². The number of amides is 1. The predicted molar refractivity (Wildman–Crippen MR) is 104 cm³/mol. The molecule has 25 heavy (non-hydrogen) atoms. The SMILES string of the molecule is C=N/C(=C(\C=O)c1ccc(C(=O)NC)nc1)c1ccc(C#N)c(I)c1. The van der Waals surface area contributed by atoms with E-state index >= 15 is 0 Å².